The first kappa shape index (κ1) is 14.4. The maximum atomic E-state index is 12.1. The molecule has 1 radical (unpaired) electrons. The van der Waals surface area contributed by atoms with Crippen molar-refractivity contribution in [2.24, 2.45) is 0 Å². The van der Waals surface area contributed by atoms with Gasteiger partial charge in [-0.3, -0.25) is 0 Å². The van der Waals surface area contributed by atoms with E-state index >= 15 is 0 Å². The van der Waals surface area contributed by atoms with Crippen LogP contribution in [0.3, 0.4) is 0 Å². The molecule has 1 aromatic rings. The molecule has 0 saturated heterocycles. The number of hydrogen-bond acceptors (Lipinski definition) is 0. The van der Waals surface area contributed by atoms with Crippen molar-refractivity contribution in [3.05, 3.63) is 41.1 Å². The van der Waals surface area contributed by atoms with E-state index in [0.717, 1.165) is 12.1 Å². The number of halogens is 3. The Morgan fingerprint density at radius 3 is 1.86 bits per heavy atom. The Bertz CT molecular complexity index is 279. The molecule has 0 spiro atoms. The minimum Gasteiger partial charge on any atom is -0.671 e. The summed E-state index contributed by atoms with van der Waals surface area (Å²) in [7, 11) is 0. The molecule has 0 fully saturated rings. The Hall–Kier alpha value is 0.412. The molecule has 1 rings (SSSR count). The summed E-state index contributed by atoms with van der Waals surface area (Å²) in [5.74, 6) is 0. The van der Waals surface area contributed by atoms with E-state index < -0.39 is 17.8 Å². The summed E-state index contributed by atoms with van der Waals surface area (Å²) in [4.78, 5) is 0. The fourth-order valence-electron chi connectivity index (χ4n) is 0.961. The second kappa shape index (κ2) is 5.48. The molecule has 14 heavy (non-hydrogen) atoms. The van der Waals surface area contributed by atoms with Gasteiger partial charge in [0.15, 0.2) is 0 Å². The van der Waals surface area contributed by atoms with Gasteiger partial charge in [-0.25, -0.2) is 0 Å². The van der Waals surface area contributed by atoms with E-state index in [0.29, 0.717) is 5.56 Å². The third-order valence-electron chi connectivity index (χ3n) is 1.74. The summed E-state index contributed by atoms with van der Waals surface area (Å²) in [6.07, 6.45) is -4.29. The Labute approximate surface area is 116 Å². The molecule has 1 nitrogen and oxygen atoms in total. The van der Waals surface area contributed by atoms with Gasteiger partial charge in [-0.05, 0) is 12.1 Å². The largest absolute Gasteiger partial charge is 0.671 e. The zero-order valence-electron chi connectivity index (χ0n) is 7.60. The maximum Gasteiger partial charge on any atom is 0.416 e. The summed E-state index contributed by atoms with van der Waals surface area (Å²) in [5, 5.41) is 0. The minimum absolute atomic E-state index is 0. The third-order valence-corrected chi connectivity index (χ3v) is 1.74. The van der Waals surface area contributed by atoms with Crippen LogP contribution in [0.15, 0.2) is 24.3 Å². The normalized spacial score (nSPS) is 13.2. The number of rotatable bonds is 1. The van der Waals surface area contributed by atoms with Gasteiger partial charge in [0, 0.05) is 44.1 Å². The average Bonchev–Trinajstić information content (AvgIpc) is 2.03. The number of benzene rings is 1. The van der Waals surface area contributed by atoms with E-state index in [1.165, 1.54) is 12.1 Å². The van der Waals surface area contributed by atoms with Crippen LogP contribution < -0.4 is 0 Å². The van der Waals surface area contributed by atoms with Crippen LogP contribution in [0.4, 0.5) is 13.2 Å². The summed E-state index contributed by atoms with van der Waals surface area (Å²) < 4.78 is 36.2. The van der Waals surface area contributed by atoms with Crippen molar-refractivity contribution >= 4 is 0 Å². The van der Waals surface area contributed by atoms with Crippen molar-refractivity contribution in [1.29, 1.82) is 0 Å². The molecule has 0 aliphatic carbocycles. The van der Waals surface area contributed by atoms with Crippen LogP contribution in [0.1, 0.15) is 24.1 Å². The van der Waals surface area contributed by atoms with Crippen LogP contribution in [-0.2, 0) is 6.18 Å². The molecule has 1 atom stereocenters. The second-order valence-electron chi connectivity index (χ2n) is 2.84. The molecule has 0 bridgehead atoms. The average molecular weight is 415 g/mol. The maximum absolute atomic E-state index is 12.1. The number of hydrogen-bond donors (Lipinski definition) is 0. The molecule has 0 aliphatic rings. The molecule has 0 aromatic heterocycles. The Kier molecular flexibility index (Phi) is 5.64. The van der Waals surface area contributed by atoms with Crippen molar-refractivity contribution in [1.82, 2.24) is 0 Å². The molecule has 0 amide bonds. The summed E-state index contributed by atoms with van der Waals surface area (Å²) >= 11 is 0. The predicted octanol–water partition coefficient (Wildman–Crippen LogP) is 3.82. The third kappa shape index (κ3) is 3.88. The van der Waals surface area contributed by atoms with Crippen molar-refractivity contribution in [2.75, 3.05) is 0 Å². The SMILES string of the molecule is CC([NH-])c1ccc(C(F)(F)F)cc1.[Ac]. The summed E-state index contributed by atoms with van der Waals surface area (Å²) in [5.41, 5.74) is 7.19. The topological polar surface area (TPSA) is 23.8 Å². The van der Waals surface area contributed by atoms with Gasteiger partial charge < -0.3 is 5.73 Å². The Morgan fingerprint density at radius 1 is 1.14 bits per heavy atom. The summed E-state index contributed by atoms with van der Waals surface area (Å²) in [6.45, 7) is 1.61. The zero-order chi connectivity index (χ0) is 10.1. The van der Waals surface area contributed by atoms with Crippen molar-refractivity contribution in [3.63, 3.8) is 0 Å². The van der Waals surface area contributed by atoms with Crippen molar-refractivity contribution < 1.29 is 57.2 Å². The van der Waals surface area contributed by atoms with E-state index in [4.69, 9.17) is 5.73 Å². The van der Waals surface area contributed by atoms with Gasteiger partial charge in [-0.2, -0.15) is 13.2 Å². The van der Waals surface area contributed by atoms with E-state index in [2.05, 4.69) is 0 Å². The van der Waals surface area contributed by atoms with Gasteiger partial charge in [0.2, 0.25) is 0 Å². The quantitative estimate of drug-likeness (QED) is 0.667. The standard InChI is InChI=1S/C9H9F3N.Ac/c1-6(13)7-2-4-8(5-3-7)9(10,11)12;/h2-6,13H,1H3;/q-1;. The van der Waals surface area contributed by atoms with Gasteiger partial charge in [0.1, 0.15) is 0 Å². The molecule has 1 N–H and O–H groups in total. The van der Waals surface area contributed by atoms with Crippen LogP contribution in [0.5, 0.6) is 0 Å². The van der Waals surface area contributed by atoms with Crippen molar-refractivity contribution in [2.45, 2.75) is 19.1 Å². The fraction of sp³-hybridized carbons (Fsp3) is 0.333. The van der Waals surface area contributed by atoms with Crippen LogP contribution >= 0.6 is 0 Å². The second-order valence-corrected chi connectivity index (χ2v) is 2.84. The van der Waals surface area contributed by atoms with Gasteiger partial charge in [-0.15, -0.1) is 6.04 Å². The molecule has 0 saturated carbocycles. The van der Waals surface area contributed by atoms with Gasteiger partial charge in [-0.1, -0.05) is 24.6 Å². The first-order valence-electron chi connectivity index (χ1n) is 3.79. The molecular weight excluding hydrogens is 406 g/mol. The van der Waals surface area contributed by atoms with E-state index in [-0.39, 0.29) is 44.1 Å². The van der Waals surface area contributed by atoms with Gasteiger partial charge in [0.05, 0.1) is 5.56 Å². The zero-order valence-corrected chi connectivity index (χ0v) is 12.3. The Morgan fingerprint density at radius 2 is 1.57 bits per heavy atom. The molecule has 0 aliphatic heterocycles. The van der Waals surface area contributed by atoms with Gasteiger partial charge >= 0.3 is 6.18 Å². The van der Waals surface area contributed by atoms with Crippen molar-refractivity contribution in [3.8, 4) is 0 Å². The smallest absolute Gasteiger partial charge is 0.416 e. The predicted molar refractivity (Wildman–Crippen MR) is 44.2 cm³/mol. The molecule has 0 heterocycles. The molecular formula is C9H9AcF3N-. The number of alkyl halides is 3. The van der Waals surface area contributed by atoms with Gasteiger partial charge in [0.25, 0.3) is 0 Å². The van der Waals surface area contributed by atoms with Crippen LogP contribution in [0.2, 0.25) is 0 Å². The summed E-state index contributed by atoms with van der Waals surface area (Å²) in [6, 6.07) is 4.18. The molecule has 5 heteroatoms. The van der Waals surface area contributed by atoms with E-state index in [1.54, 1.807) is 6.92 Å². The minimum atomic E-state index is -4.29. The monoisotopic (exact) mass is 415 g/mol. The first-order valence-corrected chi connectivity index (χ1v) is 3.79. The Balaban J connectivity index is 0.00000169. The van der Waals surface area contributed by atoms with E-state index in [9.17, 15) is 13.2 Å². The first-order chi connectivity index (χ1) is 5.91. The number of nitrogens with one attached hydrogen (secondary N) is 1. The fourth-order valence-corrected chi connectivity index (χ4v) is 0.961. The van der Waals surface area contributed by atoms with Crippen LogP contribution in [0.25, 0.3) is 5.73 Å². The molecule has 75 valence electrons. The van der Waals surface area contributed by atoms with Crippen LogP contribution in [0, 0.1) is 44.1 Å². The van der Waals surface area contributed by atoms with Crippen LogP contribution in [-0.4, -0.2) is 0 Å². The molecule has 1 aromatic carbocycles. The molecule has 1 unspecified atom stereocenters. The van der Waals surface area contributed by atoms with E-state index in [1.807, 2.05) is 0 Å².